The van der Waals surface area contributed by atoms with E-state index >= 15 is 0 Å². The molecule has 0 aromatic heterocycles. The van der Waals surface area contributed by atoms with Gasteiger partial charge < -0.3 is 9.90 Å². The molecule has 0 aromatic rings. The Bertz CT molecular complexity index is 28.0. The zero-order valence-corrected chi connectivity index (χ0v) is 8.72. The molecule has 0 saturated heterocycles. The van der Waals surface area contributed by atoms with Gasteiger partial charge in [0.05, 0.1) is 0 Å². The number of carbonyl (C=O) groups is 1. The maximum absolute atomic E-state index is 8.81. The predicted molar refractivity (Wildman–Crippen MR) is 39.9 cm³/mol. The molecule has 2 nitrogen and oxygen atoms in total. The summed E-state index contributed by atoms with van der Waals surface area (Å²) < 4.78 is 0. The molecule has 8 heavy (non-hydrogen) atoms. The zero-order valence-electron chi connectivity index (χ0n) is 5.00. The van der Waals surface area contributed by atoms with Gasteiger partial charge >= 0.3 is 0 Å². The first-order valence-electron chi connectivity index (χ1n) is 1.84. The van der Waals surface area contributed by atoms with E-state index in [-0.39, 0.29) is 49.1 Å². The molecule has 4 heteroatoms. The number of aldehydes is 1. The maximum atomic E-state index is 8.81. The molecular formula is C4H11IO2V. The number of rotatable bonds is 0. The number of carbonyl (C=O) groups excluding carboxylic acids is 1. The Hall–Kier alpha value is 0.944. The van der Waals surface area contributed by atoms with Crippen LogP contribution in [0, 0.1) is 0 Å². The third-order valence-electron chi connectivity index (χ3n) is 0. The fraction of sp³-hybridized carbons (Fsp3) is 0.750. The van der Waals surface area contributed by atoms with Gasteiger partial charge in [-0.15, -0.1) is 24.0 Å². The first kappa shape index (κ1) is 23.1. The number of aliphatic hydroxyl groups excluding tert-OH is 1. The molecule has 0 saturated carbocycles. The standard InChI is InChI=1S/C2H6O.C2H4O.HI.V/c2*1-2-3;;/h3H,2H2,1H3;2H,1H3;1H;. The number of hydrogen-bond acceptors (Lipinski definition) is 2. The monoisotopic (exact) mass is 269 g/mol. The van der Waals surface area contributed by atoms with Crippen molar-refractivity contribution < 1.29 is 28.5 Å². The van der Waals surface area contributed by atoms with Gasteiger partial charge in [0.25, 0.3) is 0 Å². The summed E-state index contributed by atoms with van der Waals surface area (Å²) >= 11 is 0. The average molecular weight is 269 g/mol. The Morgan fingerprint density at radius 2 is 1.62 bits per heavy atom. The van der Waals surface area contributed by atoms with Crippen LogP contribution in [0.2, 0.25) is 0 Å². The van der Waals surface area contributed by atoms with Gasteiger partial charge in [0.15, 0.2) is 0 Å². The Labute approximate surface area is 78.9 Å². The Morgan fingerprint density at radius 3 is 1.62 bits per heavy atom. The van der Waals surface area contributed by atoms with Gasteiger partial charge in [-0.3, -0.25) is 0 Å². The SMILES string of the molecule is CC=O.CCO.I.[V]. The van der Waals surface area contributed by atoms with Crippen molar-refractivity contribution in [3.05, 3.63) is 0 Å². The van der Waals surface area contributed by atoms with Gasteiger partial charge in [-0.2, -0.15) is 0 Å². The number of hydrogen-bond donors (Lipinski definition) is 1. The van der Waals surface area contributed by atoms with Gasteiger partial charge in [-0.1, -0.05) is 0 Å². The van der Waals surface area contributed by atoms with Gasteiger partial charge in [-0.25, -0.2) is 0 Å². The van der Waals surface area contributed by atoms with Crippen LogP contribution < -0.4 is 0 Å². The molecule has 0 fully saturated rings. The smallest absolute Gasteiger partial charge is 0.116 e. The van der Waals surface area contributed by atoms with E-state index in [2.05, 4.69) is 0 Å². The summed E-state index contributed by atoms with van der Waals surface area (Å²) in [7, 11) is 0. The normalized spacial score (nSPS) is 3.88. The summed E-state index contributed by atoms with van der Waals surface area (Å²) in [6.07, 6.45) is 0.750. The molecule has 0 heterocycles. The van der Waals surface area contributed by atoms with Crippen LogP contribution in [0.5, 0.6) is 0 Å². The summed E-state index contributed by atoms with van der Waals surface area (Å²) in [6, 6.07) is 0. The maximum Gasteiger partial charge on any atom is 0.116 e. The predicted octanol–water partition coefficient (Wildman–Crippen LogP) is 0.819. The summed E-state index contributed by atoms with van der Waals surface area (Å²) in [5.41, 5.74) is 0. The van der Waals surface area contributed by atoms with Crippen molar-refractivity contribution in [3.8, 4) is 0 Å². The quantitative estimate of drug-likeness (QED) is 0.522. The number of halogens is 1. The van der Waals surface area contributed by atoms with E-state index in [0.717, 1.165) is 6.29 Å². The van der Waals surface area contributed by atoms with E-state index in [9.17, 15) is 0 Å². The fourth-order valence-electron chi connectivity index (χ4n) is 0. The third-order valence-corrected chi connectivity index (χ3v) is 0. The molecule has 0 rings (SSSR count). The Kier molecular flexibility index (Phi) is 128. The summed E-state index contributed by atoms with van der Waals surface area (Å²) in [5.74, 6) is 0. The van der Waals surface area contributed by atoms with Crippen molar-refractivity contribution in [1.82, 2.24) is 0 Å². The minimum atomic E-state index is 0. The summed E-state index contributed by atoms with van der Waals surface area (Å²) in [6.45, 7) is 3.38. The van der Waals surface area contributed by atoms with Crippen LogP contribution in [-0.4, -0.2) is 18.0 Å². The molecule has 0 bridgehead atoms. The van der Waals surface area contributed by atoms with Gasteiger partial charge in [0.2, 0.25) is 0 Å². The van der Waals surface area contributed by atoms with Crippen molar-refractivity contribution in [2.75, 3.05) is 6.61 Å². The van der Waals surface area contributed by atoms with Crippen LogP contribution in [-0.2, 0) is 23.4 Å². The molecule has 0 aliphatic carbocycles. The van der Waals surface area contributed by atoms with E-state index < -0.39 is 0 Å². The van der Waals surface area contributed by atoms with Crippen LogP contribution in [0.1, 0.15) is 13.8 Å². The Balaban J connectivity index is -0.0000000160. The Morgan fingerprint density at radius 1 is 1.62 bits per heavy atom. The first-order valence-corrected chi connectivity index (χ1v) is 1.84. The second kappa shape index (κ2) is 44.2. The van der Waals surface area contributed by atoms with Crippen molar-refractivity contribution in [2.45, 2.75) is 13.8 Å². The molecule has 0 aliphatic rings. The molecule has 0 amide bonds. The van der Waals surface area contributed by atoms with Crippen molar-refractivity contribution in [1.29, 1.82) is 0 Å². The van der Waals surface area contributed by atoms with Crippen molar-refractivity contribution >= 4 is 30.3 Å². The molecule has 1 radical (unpaired) electrons. The van der Waals surface area contributed by atoms with E-state index in [1.165, 1.54) is 6.92 Å². The average Bonchev–Trinajstić information content (AvgIpc) is 1.39. The van der Waals surface area contributed by atoms with E-state index in [0.29, 0.717) is 0 Å². The molecular weight excluding hydrogens is 258 g/mol. The van der Waals surface area contributed by atoms with E-state index in [1.54, 1.807) is 6.92 Å². The number of aliphatic hydroxyl groups is 1. The zero-order chi connectivity index (χ0) is 5.41. The minimum absolute atomic E-state index is 0. The second-order valence-corrected chi connectivity index (χ2v) is 0.552. The molecule has 0 unspecified atom stereocenters. The topological polar surface area (TPSA) is 37.3 Å². The minimum Gasteiger partial charge on any atom is -0.397 e. The second-order valence-electron chi connectivity index (χ2n) is 0.552. The first-order chi connectivity index (χ1) is 2.83. The summed E-state index contributed by atoms with van der Waals surface area (Å²) in [5, 5.41) is 7.57. The van der Waals surface area contributed by atoms with Gasteiger partial charge in [-0.05, 0) is 13.8 Å². The van der Waals surface area contributed by atoms with Gasteiger partial charge in [0.1, 0.15) is 6.29 Å². The third kappa shape index (κ3) is 275. The van der Waals surface area contributed by atoms with Crippen LogP contribution in [0.25, 0.3) is 0 Å². The van der Waals surface area contributed by atoms with Crippen molar-refractivity contribution in [3.63, 3.8) is 0 Å². The summed E-state index contributed by atoms with van der Waals surface area (Å²) in [4.78, 5) is 8.81. The molecule has 51 valence electrons. The molecule has 0 aliphatic heterocycles. The van der Waals surface area contributed by atoms with Gasteiger partial charge in [0, 0.05) is 25.2 Å². The molecule has 0 spiro atoms. The van der Waals surface area contributed by atoms with E-state index in [4.69, 9.17) is 9.90 Å². The molecule has 1 N–H and O–H groups in total. The van der Waals surface area contributed by atoms with Crippen molar-refractivity contribution in [2.24, 2.45) is 0 Å². The fourth-order valence-corrected chi connectivity index (χ4v) is 0. The molecule has 0 aromatic carbocycles. The van der Waals surface area contributed by atoms with Crippen LogP contribution in [0.4, 0.5) is 0 Å². The molecule has 0 atom stereocenters. The van der Waals surface area contributed by atoms with E-state index in [1.807, 2.05) is 0 Å². The largest absolute Gasteiger partial charge is 0.397 e. The van der Waals surface area contributed by atoms with Crippen LogP contribution >= 0.6 is 24.0 Å². The van der Waals surface area contributed by atoms with Crippen LogP contribution in [0.15, 0.2) is 0 Å². The van der Waals surface area contributed by atoms with Crippen LogP contribution in [0.3, 0.4) is 0 Å².